The Balaban J connectivity index is 1.18. The Bertz CT molecular complexity index is 1780. The van der Waals surface area contributed by atoms with Crippen LogP contribution in [0.25, 0.3) is 16.9 Å². The van der Waals surface area contributed by atoms with E-state index in [9.17, 15) is 9.59 Å². The van der Waals surface area contributed by atoms with Crippen LogP contribution < -0.4 is 15.0 Å². The second-order valence-corrected chi connectivity index (χ2v) is 13.2. The van der Waals surface area contributed by atoms with Crippen LogP contribution in [-0.2, 0) is 20.9 Å². The Morgan fingerprint density at radius 3 is 2.58 bits per heavy atom. The van der Waals surface area contributed by atoms with Crippen molar-refractivity contribution in [2.45, 2.75) is 45.4 Å². The Morgan fingerprint density at radius 1 is 1.06 bits per heavy atom. The van der Waals surface area contributed by atoms with Crippen molar-refractivity contribution in [1.29, 1.82) is 0 Å². The molecule has 50 heavy (non-hydrogen) atoms. The van der Waals surface area contributed by atoms with Gasteiger partial charge in [0.1, 0.15) is 12.4 Å². The smallest absolute Gasteiger partial charge is 0.303 e. The number of piperazine rings is 1. The summed E-state index contributed by atoms with van der Waals surface area (Å²) in [6.07, 6.45) is 4.09. The molecule has 1 amide bonds. The Hall–Kier alpha value is -4.82. The van der Waals surface area contributed by atoms with Crippen LogP contribution in [0.2, 0.25) is 0 Å². The van der Waals surface area contributed by atoms with Crippen molar-refractivity contribution in [1.82, 2.24) is 34.3 Å². The van der Waals surface area contributed by atoms with E-state index in [2.05, 4.69) is 32.3 Å². The molecule has 2 fully saturated rings. The van der Waals surface area contributed by atoms with Crippen molar-refractivity contribution < 1.29 is 23.5 Å². The molecule has 2 atom stereocenters. The van der Waals surface area contributed by atoms with E-state index in [1.165, 1.54) is 12.5 Å². The summed E-state index contributed by atoms with van der Waals surface area (Å²) in [7, 11) is 4.05. The Labute approximate surface area is 292 Å². The lowest BCUT2D eigenvalue weighted by Gasteiger charge is -2.36. The third kappa shape index (κ3) is 8.48. The maximum atomic E-state index is 16.5. The molecule has 0 unspecified atom stereocenters. The molecule has 5 heterocycles. The number of piperidine rings is 1. The number of carbonyl (C=O) groups excluding carboxylic acids is 2. The number of nitrogens with zero attached hydrogens (tertiary/aromatic N) is 8. The molecule has 0 spiro atoms. The molecule has 0 bridgehead atoms. The number of hydrogen-bond donors (Lipinski definition) is 1. The summed E-state index contributed by atoms with van der Waals surface area (Å²) in [5.74, 6) is 0.235. The number of fused-ring (bicyclic) bond motifs is 1. The van der Waals surface area contributed by atoms with E-state index in [4.69, 9.17) is 19.4 Å². The molecule has 0 radical (unpaired) electrons. The fourth-order valence-corrected chi connectivity index (χ4v) is 6.43. The molecule has 0 saturated carbocycles. The zero-order valence-electron chi connectivity index (χ0n) is 29.2. The minimum atomic E-state index is -0.888. The van der Waals surface area contributed by atoms with Crippen molar-refractivity contribution in [3.63, 3.8) is 0 Å². The molecule has 14 heteroatoms. The van der Waals surface area contributed by atoms with Crippen LogP contribution in [0.3, 0.4) is 0 Å². The van der Waals surface area contributed by atoms with Crippen molar-refractivity contribution in [3.05, 3.63) is 66.2 Å². The Morgan fingerprint density at radius 2 is 1.84 bits per heavy atom. The van der Waals surface area contributed by atoms with Crippen LogP contribution >= 0.6 is 0 Å². The van der Waals surface area contributed by atoms with Gasteiger partial charge in [0.05, 0.1) is 17.3 Å². The van der Waals surface area contributed by atoms with Crippen LogP contribution in [0.4, 0.5) is 16.0 Å². The number of amides is 1. The number of anilines is 2. The highest BCUT2D eigenvalue weighted by molar-refractivity contribution is 5.83. The highest BCUT2D eigenvalue weighted by Gasteiger charge is 2.31. The highest BCUT2D eigenvalue weighted by Crippen LogP contribution is 2.31. The molecule has 0 aliphatic carbocycles. The van der Waals surface area contributed by atoms with Crippen LogP contribution in [0.15, 0.2) is 54.9 Å². The van der Waals surface area contributed by atoms with Gasteiger partial charge < -0.3 is 29.5 Å². The van der Waals surface area contributed by atoms with Gasteiger partial charge in [0.15, 0.2) is 23.6 Å². The molecular formula is C36H46FN9O4. The number of likely N-dealkylation sites (tertiary alicyclic amines) is 1. The summed E-state index contributed by atoms with van der Waals surface area (Å²) >= 11 is 0. The molecular weight excluding hydrogens is 641 g/mol. The average molecular weight is 688 g/mol. The van der Waals surface area contributed by atoms with E-state index in [1.807, 2.05) is 55.5 Å². The van der Waals surface area contributed by atoms with Gasteiger partial charge in [-0.25, -0.2) is 14.5 Å². The average Bonchev–Trinajstić information content (AvgIpc) is 3.54. The fourth-order valence-electron chi connectivity index (χ4n) is 6.43. The number of pyridine rings is 1. The van der Waals surface area contributed by atoms with Gasteiger partial charge in [-0.1, -0.05) is 18.2 Å². The minimum absolute atomic E-state index is 0.0861. The minimum Gasteiger partial charge on any atom is -0.492 e. The number of ether oxygens (including phenoxy) is 2. The van der Waals surface area contributed by atoms with Crippen molar-refractivity contribution in [2.75, 3.05) is 76.7 Å². The summed E-state index contributed by atoms with van der Waals surface area (Å²) in [5.41, 5.74) is 2.69. The van der Waals surface area contributed by atoms with Gasteiger partial charge >= 0.3 is 5.97 Å². The lowest BCUT2D eigenvalue weighted by Crippen LogP contribution is -2.49. The first-order chi connectivity index (χ1) is 24.1. The molecule has 4 aromatic rings. The first-order valence-electron chi connectivity index (χ1n) is 17.2. The second kappa shape index (κ2) is 15.8. The van der Waals surface area contributed by atoms with Gasteiger partial charge in [-0.15, -0.1) is 0 Å². The van der Waals surface area contributed by atoms with E-state index in [0.717, 1.165) is 43.9 Å². The van der Waals surface area contributed by atoms with Crippen LogP contribution in [0.5, 0.6) is 5.75 Å². The lowest BCUT2D eigenvalue weighted by molar-refractivity contribution is -0.157. The summed E-state index contributed by atoms with van der Waals surface area (Å²) in [6.45, 7) is 8.65. The number of esters is 1. The summed E-state index contributed by atoms with van der Waals surface area (Å²) in [5, 5.41) is 7.76. The maximum absolute atomic E-state index is 16.5. The van der Waals surface area contributed by atoms with Crippen molar-refractivity contribution in [3.8, 4) is 17.1 Å². The third-order valence-electron chi connectivity index (χ3n) is 9.07. The third-order valence-corrected chi connectivity index (χ3v) is 9.07. The quantitative estimate of drug-likeness (QED) is 0.220. The van der Waals surface area contributed by atoms with Gasteiger partial charge in [-0.05, 0) is 63.7 Å². The Kier molecular flexibility index (Phi) is 11.1. The zero-order chi connectivity index (χ0) is 35.2. The van der Waals surface area contributed by atoms with Crippen molar-refractivity contribution >= 4 is 29.0 Å². The monoisotopic (exact) mass is 687 g/mol. The van der Waals surface area contributed by atoms with Crippen molar-refractivity contribution in [2.24, 2.45) is 0 Å². The number of halogens is 1. The van der Waals surface area contributed by atoms with Gasteiger partial charge in [-0.3, -0.25) is 14.5 Å². The fraction of sp³-hybridized carbons (Fsp3) is 0.472. The predicted molar refractivity (Wildman–Crippen MR) is 189 cm³/mol. The molecule has 2 saturated heterocycles. The van der Waals surface area contributed by atoms with Gasteiger partial charge in [0, 0.05) is 71.5 Å². The molecule has 266 valence electrons. The molecule has 1 N–H and O–H groups in total. The maximum Gasteiger partial charge on any atom is 0.303 e. The number of hydrogen-bond acceptors (Lipinski definition) is 11. The zero-order valence-corrected chi connectivity index (χ0v) is 29.2. The van der Waals surface area contributed by atoms with Gasteiger partial charge in [0.25, 0.3) is 5.91 Å². The van der Waals surface area contributed by atoms with E-state index < -0.39 is 17.9 Å². The normalized spacial score (nSPS) is 17.6. The van der Waals surface area contributed by atoms with Crippen LogP contribution in [-0.4, -0.2) is 125 Å². The number of nitrogens with one attached hydrogen (secondary N) is 1. The van der Waals surface area contributed by atoms with E-state index in [1.54, 1.807) is 22.5 Å². The SMILES string of the molecule is CC(=O)O[C@@H](C)C(=O)N1CCC[C@@H](Nc2nc(-c3cnn4ccccc34)nc(N3CCN(Cc4ccc(OCCN(C)C)cc4)CC3)c2F)C1. The number of aromatic nitrogens is 4. The largest absolute Gasteiger partial charge is 0.492 e. The van der Waals surface area contributed by atoms with Gasteiger partial charge in [-0.2, -0.15) is 9.49 Å². The summed E-state index contributed by atoms with van der Waals surface area (Å²) in [4.78, 5) is 42.0. The second-order valence-electron chi connectivity index (χ2n) is 13.2. The van der Waals surface area contributed by atoms with E-state index >= 15 is 4.39 Å². The number of rotatable bonds is 12. The van der Waals surface area contributed by atoms with E-state index in [0.29, 0.717) is 50.6 Å². The molecule has 2 aliphatic heterocycles. The summed E-state index contributed by atoms with van der Waals surface area (Å²) < 4.78 is 29.2. The summed E-state index contributed by atoms with van der Waals surface area (Å²) in [6, 6.07) is 13.7. The predicted octanol–water partition coefficient (Wildman–Crippen LogP) is 3.55. The first kappa shape index (κ1) is 35.0. The molecule has 6 rings (SSSR count). The number of benzene rings is 1. The highest BCUT2D eigenvalue weighted by atomic mass is 19.1. The lowest BCUT2D eigenvalue weighted by atomic mass is 10.0. The topological polar surface area (TPSA) is 121 Å². The van der Waals surface area contributed by atoms with E-state index in [-0.39, 0.29) is 23.6 Å². The van der Waals surface area contributed by atoms with Gasteiger partial charge in [0.2, 0.25) is 5.82 Å². The van der Waals surface area contributed by atoms with Crippen LogP contribution in [0.1, 0.15) is 32.3 Å². The molecule has 2 aliphatic rings. The molecule has 13 nitrogen and oxygen atoms in total. The molecule has 1 aromatic carbocycles. The van der Waals surface area contributed by atoms with Crippen LogP contribution in [0, 0.1) is 5.82 Å². The standard InChI is InChI=1S/C36H46FN9O4/c1-25(50-26(2)47)36(48)45-14-7-8-28(24-45)39-34-32(37)35(41-33(40-34)30-22-38-46-15-6-5-9-31(30)46)44-18-16-43(17-19-44)23-27-10-12-29(13-11-27)49-21-20-42(3)4/h5-6,9-13,15,22,25,28H,7-8,14,16-21,23-24H2,1-4H3,(H,39,40,41)/t25-,28+/m0/s1. The molecule has 3 aromatic heterocycles. The number of likely N-dealkylation sites (N-methyl/N-ethyl adjacent to an activating group) is 1. The first-order valence-corrected chi connectivity index (χ1v) is 17.2. The number of carbonyl (C=O) groups is 2.